The summed E-state index contributed by atoms with van der Waals surface area (Å²) in [6.45, 7) is 4.26. The van der Waals surface area contributed by atoms with Crippen LogP contribution in [0.3, 0.4) is 0 Å². The Morgan fingerprint density at radius 2 is 1.11 bits per heavy atom. The molecular formula is C25H44OS. The van der Waals surface area contributed by atoms with Crippen LogP contribution in [0.2, 0.25) is 0 Å². The van der Waals surface area contributed by atoms with Crippen molar-refractivity contribution in [1.29, 1.82) is 0 Å². The molecule has 0 atom stereocenters. The van der Waals surface area contributed by atoms with Crippen LogP contribution in [-0.2, 0) is 0 Å². The molecule has 1 nitrogen and oxygen atoms in total. The highest BCUT2D eigenvalue weighted by Crippen LogP contribution is 2.25. The Hall–Kier alpha value is -0.630. The number of aryl methyl sites for hydroxylation is 1. The molecule has 0 saturated heterocycles. The summed E-state index contributed by atoms with van der Waals surface area (Å²) in [5, 5.41) is 9.55. The number of hydrogen-bond donors (Lipinski definition) is 1. The maximum absolute atomic E-state index is 9.55. The van der Waals surface area contributed by atoms with E-state index in [4.69, 9.17) is 0 Å². The number of unbranched alkanes of at least 4 members (excludes halogenated alkanes) is 15. The predicted molar refractivity (Wildman–Crippen MR) is 123 cm³/mol. The highest BCUT2D eigenvalue weighted by atomic mass is 32.2. The third kappa shape index (κ3) is 14.1. The second kappa shape index (κ2) is 17.5. The Labute approximate surface area is 173 Å². The lowest BCUT2D eigenvalue weighted by atomic mass is 10.0. The van der Waals surface area contributed by atoms with Gasteiger partial charge in [0.2, 0.25) is 0 Å². The highest BCUT2D eigenvalue weighted by Gasteiger charge is 1.99. The summed E-state index contributed by atoms with van der Waals surface area (Å²) < 4.78 is 0. The monoisotopic (exact) mass is 392 g/mol. The van der Waals surface area contributed by atoms with Crippen LogP contribution in [0.5, 0.6) is 5.75 Å². The van der Waals surface area contributed by atoms with Gasteiger partial charge in [-0.15, -0.1) is 11.8 Å². The van der Waals surface area contributed by atoms with Gasteiger partial charge in [0.05, 0.1) is 0 Å². The summed E-state index contributed by atoms with van der Waals surface area (Å²) in [5.41, 5.74) is 0.979. The molecule has 1 N–H and O–H groups in total. The first-order valence-corrected chi connectivity index (χ1v) is 12.6. The molecule has 0 unspecified atom stereocenters. The Balaban J connectivity index is 1.77. The van der Waals surface area contributed by atoms with Crippen molar-refractivity contribution >= 4 is 11.8 Å². The van der Waals surface area contributed by atoms with Crippen molar-refractivity contribution in [3.05, 3.63) is 23.8 Å². The minimum atomic E-state index is 0.404. The first-order valence-electron chi connectivity index (χ1n) is 11.7. The summed E-state index contributed by atoms with van der Waals surface area (Å²) in [7, 11) is 0. The second-order valence-corrected chi connectivity index (χ2v) is 9.27. The molecule has 0 radical (unpaired) electrons. The van der Waals surface area contributed by atoms with Gasteiger partial charge in [-0.2, -0.15) is 0 Å². The fourth-order valence-corrected chi connectivity index (χ4v) is 4.57. The topological polar surface area (TPSA) is 20.2 Å². The SMILES string of the molecule is CCCCCCCCCCCCCCCCCCSc1ccc(O)c(C)c1. The zero-order valence-electron chi connectivity index (χ0n) is 18.1. The molecule has 1 aromatic rings. The average molecular weight is 393 g/mol. The minimum Gasteiger partial charge on any atom is -0.508 e. The third-order valence-electron chi connectivity index (χ3n) is 5.43. The molecule has 1 rings (SSSR count). The maximum atomic E-state index is 9.55. The lowest BCUT2D eigenvalue weighted by Crippen LogP contribution is -1.85. The zero-order chi connectivity index (χ0) is 19.6. The number of phenols is 1. The van der Waals surface area contributed by atoms with Crippen molar-refractivity contribution in [3.63, 3.8) is 0 Å². The number of thioether (sulfide) groups is 1. The lowest BCUT2D eigenvalue weighted by Gasteiger charge is -2.05. The normalized spacial score (nSPS) is 11.2. The minimum absolute atomic E-state index is 0.404. The highest BCUT2D eigenvalue weighted by molar-refractivity contribution is 7.99. The van der Waals surface area contributed by atoms with Crippen LogP contribution in [0.1, 0.15) is 115 Å². The first-order chi connectivity index (χ1) is 13.2. The molecule has 156 valence electrons. The van der Waals surface area contributed by atoms with Crippen LogP contribution in [0.15, 0.2) is 23.1 Å². The third-order valence-corrected chi connectivity index (χ3v) is 6.51. The Bertz CT molecular complexity index is 458. The van der Waals surface area contributed by atoms with E-state index in [-0.39, 0.29) is 0 Å². The van der Waals surface area contributed by atoms with E-state index in [1.807, 2.05) is 30.8 Å². The van der Waals surface area contributed by atoms with Crippen molar-refractivity contribution in [1.82, 2.24) is 0 Å². The Morgan fingerprint density at radius 3 is 1.56 bits per heavy atom. The van der Waals surface area contributed by atoms with E-state index in [1.54, 1.807) is 0 Å². The smallest absolute Gasteiger partial charge is 0.118 e. The molecule has 0 aliphatic rings. The number of hydrogen-bond acceptors (Lipinski definition) is 2. The van der Waals surface area contributed by atoms with Crippen molar-refractivity contribution < 1.29 is 5.11 Å². The fourth-order valence-electron chi connectivity index (χ4n) is 3.56. The standard InChI is InChI=1S/C25H44OS/c1-3-4-5-6-7-8-9-10-11-12-13-14-15-16-17-18-21-27-24-19-20-25(26)23(2)22-24/h19-20,22,26H,3-18,21H2,1-2H3. The molecule has 0 bridgehead atoms. The van der Waals surface area contributed by atoms with E-state index in [1.165, 1.54) is 113 Å². The first kappa shape index (κ1) is 24.4. The van der Waals surface area contributed by atoms with Gasteiger partial charge in [-0.05, 0) is 42.9 Å². The van der Waals surface area contributed by atoms with Crippen molar-refractivity contribution in [2.75, 3.05) is 5.75 Å². The number of phenolic OH excluding ortho intramolecular Hbond substituents is 1. The fraction of sp³-hybridized carbons (Fsp3) is 0.760. The summed E-state index contributed by atoms with van der Waals surface area (Å²) in [5.74, 6) is 1.60. The van der Waals surface area contributed by atoms with Crippen LogP contribution in [0.25, 0.3) is 0 Å². The molecule has 27 heavy (non-hydrogen) atoms. The molecule has 0 fully saturated rings. The van der Waals surface area contributed by atoms with Gasteiger partial charge >= 0.3 is 0 Å². The van der Waals surface area contributed by atoms with Gasteiger partial charge < -0.3 is 5.11 Å². The maximum Gasteiger partial charge on any atom is 0.118 e. The largest absolute Gasteiger partial charge is 0.508 e. The van der Waals surface area contributed by atoms with Crippen molar-refractivity contribution in [3.8, 4) is 5.75 Å². The lowest BCUT2D eigenvalue weighted by molar-refractivity contribution is 0.470. The summed E-state index contributed by atoms with van der Waals surface area (Å²) in [6.07, 6.45) is 22.8. The molecule has 2 heteroatoms. The van der Waals surface area contributed by atoms with E-state index in [0.717, 1.165) is 5.56 Å². The molecule has 1 aromatic carbocycles. The Kier molecular flexibility index (Phi) is 15.8. The van der Waals surface area contributed by atoms with E-state index >= 15 is 0 Å². The molecule has 0 aromatic heterocycles. The molecule has 0 aliphatic carbocycles. The summed E-state index contributed by atoms with van der Waals surface area (Å²) >= 11 is 1.92. The number of benzene rings is 1. The predicted octanol–water partition coefficient (Wildman–Crippen LogP) is 9.05. The van der Waals surface area contributed by atoms with Gasteiger partial charge in [-0.3, -0.25) is 0 Å². The van der Waals surface area contributed by atoms with E-state index < -0.39 is 0 Å². The summed E-state index contributed by atoms with van der Waals surface area (Å²) in [4.78, 5) is 1.28. The van der Waals surface area contributed by atoms with Gasteiger partial charge in [-0.25, -0.2) is 0 Å². The molecule has 0 heterocycles. The van der Waals surface area contributed by atoms with Gasteiger partial charge in [0.1, 0.15) is 5.75 Å². The summed E-state index contributed by atoms with van der Waals surface area (Å²) in [6, 6.07) is 5.93. The molecule has 0 saturated carbocycles. The van der Waals surface area contributed by atoms with Crippen molar-refractivity contribution in [2.45, 2.75) is 121 Å². The van der Waals surface area contributed by atoms with Crippen LogP contribution in [-0.4, -0.2) is 10.9 Å². The molecule has 0 aliphatic heterocycles. The molecule has 0 amide bonds. The van der Waals surface area contributed by atoms with E-state index in [0.29, 0.717) is 5.75 Å². The zero-order valence-corrected chi connectivity index (χ0v) is 18.9. The van der Waals surface area contributed by atoms with Gasteiger partial charge in [0.15, 0.2) is 0 Å². The molecule has 0 spiro atoms. The Morgan fingerprint density at radius 1 is 0.667 bits per heavy atom. The average Bonchev–Trinajstić information content (AvgIpc) is 2.67. The molecular weight excluding hydrogens is 348 g/mol. The number of rotatable bonds is 18. The van der Waals surface area contributed by atoms with Gasteiger partial charge in [0, 0.05) is 4.90 Å². The van der Waals surface area contributed by atoms with Crippen LogP contribution >= 0.6 is 11.8 Å². The van der Waals surface area contributed by atoms with E-state index in [2.05, 4.69) is 13.0 Å². The van der Waals surface area contributed by atoms with Gasteiger partial charge in [0.25, 0.3) is 0 Å². The quantitative estimate of drug-likeness (QED) is 0.198. The van der Waals surface area contributed by atoms with Gasteiger partial charge in [-0.1, -0.05) is 103 Å². The van der Waals surface area contributed by atoms with Crippen LogP contribution in [0.4, 0.5) is 0 Å². The van der Waals surface area contributed by atoms with Crippen LogP contribution < -0.4 is 0 Å². The second-order valence-electron chi connectivity index (χ2n) is 8.10. The van der Waals surface area contributed by atoms with Crippen LogP contribution in [0, 0.1) is 6.92 Å². The number of aromatic hydroxyl groups is 1. The van der Waals surface area contributed by atoms with E-state index in [9.17, 15) is 5.11 Å². The van der Waals surface area contributed by atoms with Crippen molar-refractivity contribution in [2.24, 2.45) is 0 Å².